The van der Waals surface area contributed by atoms with Crippen LogP contribution in [0.25, 0.3) is 0 Å². The minimum absolute atomic E-state index is 0.285. The molecule has 100 valence electrons. The topological polar surface area (TPSA) is 81.0 Å². The quantitative estimate of drug-likeness (QED) is 0.622. The van der Waals surface area contributed by atoms with Crippen LogP contribution in [0, 0.1) is 0 Å². The van der Waals surface area contributed by atoms with Gasteiger partial charge in [0.1, 0.15) is 12.3 Å². The van der Waals surface area contributed by atoms with Gasteiger partial charge in [0.15, 0.2) is 0 Å². The Kier molecular flexibility index (Phi) is 5.77. The number of aliphatic carboxylic acids is 1. The number of hydrogen-bond donors (Lipinski definition) is 3. The van der Waals surface area contributed by atoms with Crippen LogP contribution in [0.15, 0.2) is 30.3 Å². The largest absolute Gasteiger partial charge is 0.480 e. The number of carboxylic acids is 1. The first kappa shape index (κ1) is 14.6. The van der Waals surface area contributed by atoms with E-state index in [4.69, 9.17) is 10.2 Å². The van der Waals surface area contributed by atoms with E-state index >= 15 is 0 Å². The molecule has 1 aromatic rings. The van der Waals surface area contributed by atoms with Crippen LogP contribution in [0.3, 0.4) is 0 Å². The van der Waals surface area contributed by atoms with Crippen molar-refractivity contribution < 1.29 is 20.1 Å². The second-order valence-corrected chi connectivity index (χ2v) is 4.08. The highest BCUT2D eigenvalue weighted by Crippen LogP contribution is 2.13. The number of benzene rings is 1. The average molecular weight is 253 g/mol. The molecule has 5 nitrogen and oxygen atoms in total. The maximum absolute atomic E-state index is 11.1. The van der Waals surface area contributed by atoms with Gasteiger partial charge in [-0.15, -0.1) is 0 Å². The molecule has 0 bridgehead atoms. The molecule has 0 aromatic heterocycles. The van der Waals surface area contributed by atoms with E-state index in [1.54, 1.807) is 6.92 Å². The number of aliphatic hydroxyl groups excluding tert-OH is 2. The van der Waals surface area contributed by atoms with Gasteiger partial charge in [-0.1, -0.05) is 37.3 Å². The number of carbonyl (C=O) groups is 1. The summed E-state index contributed by atoms with van der Waals surface area (Å²) in [5.41, 5.74) is 0.893. The van der Waals surface area contributed by atoms with Crippen molar-refractivity contribution in [2.24, 2.45) is 0 Å². The molecule has 3 N–H and O–H groups in total. The predicted octanol–water partition coefficient (Wildman–Crippen LogP) is 0.663. The van der Waals surface area contributed by atoms with Crippen molar-refractivity contribution in [2.45, 2.75) is 32.2 Å². The van der Waals surface area contributed by atoms with E-state index in [1.807, 2.05) is 30.3 Å². The molecule has 5 heteroatoms. The molecule has 0 fully saturated rings. The second-order valence-electron chi connectivity index (χ2n) is 4.08. The third-order valence-electron chi connectivity index (χ3n) is 2.81. The molecule has 0 spiro atoms. The maximum Gasteiger partial charge on any atom is 0.323 e. The van der Waals surface area contributed by atoms with Crippen LogP contribution in [-0.2, 0) is 11.3 Å². The van der Waals surface area contributed by atoms with Crippen LogP contribution in [0.5, 0.6) is 0 Å². The van der Waals surface area contributed by atoms with E-state index in [2.05, 4.69) is 0 Å². The van der Waals surface area contributed by atoms with Gasteiger partial charge < -0.3 is 15.3 Å². The number of nitrogens with zero attached hydrogens (tertiary/aromatic N) is 1. The van der Waals surface area contributed by atoms with Gasteiger partial charge in [0.05, 0.1) is 6.61 Å². The number of rotatable bonds is 7. The first-order chi connectivity index (χ1) is 8.60. The van der Waals surface area contributed by atoms with Crippen LogP contribution in [0.2, 0.25) is 0 Å². The highest BCUT2D eigenvalue weighted by Gasteiger charge is 2.29. The Morgan fingerprint density at radius 3 is 2.39 bits per heavy atom. The Bertz CT molecular complexity index is 369. The summed E-state index contributed by atoms with van der Waals surface area (Å²) >= 11 is 0. The molecule has 0 saturated heterocycles. The molecule has 0 heterocycles. The fourth-order valence-corrected chi connectivity index (χ4v) is 1.78. The summed E-state index contributed by atoms with van der Waals surface area (Å²) in [6, 6.07) is 8.17. The Morgan fingerprint density at radius 1 is 1.33 bits per heavy atom. The summed E-state index contributed by atoms with van der Waals surface area (Å²) in [7, 11) is 0. The molecule has 1 rings (SSSR count). The fraction of sp³-hybridized carbons (Fsp3) is 0.462. The summed E-state index contributed by atoms with van der Waals surface area (Å²) < 4.78 is 0. The molecular formula is C13H19NO4. The van der Waals surface area contributed by atoms with Gasteiger partial charge in [0, 0.05) is 6.54 Å². The Labute approximate surface area is 106 Å². The lowest BCUT2D eigenvalue weighted by Gasteiger charge is -2.31. The molecule has 18 heavy (non-hydrogen) atoms. The van der Waals surface area contributed by atoms with Gasteiger partial charge in [0.2, 0.25) is 0 Å². The van der Waals surface area contributed by atoms with Gasteiger partial charge in [-0.05, 0) is 12.0 Å². The second kappa shape index (κ2) is 7.10. The summed E-state index contributed by atoms with van der Waals surface area (Å²) in [6.07, 6.45) is -0.491. The Balaban J connectivity index is 2.88. The van der Waals surface area contributed by atoms with E-state index in [1.165, 1.54) is 4.90 Å². The molecule has 0 aliphatic rings. The predicted molar refractivity (Wildman–Crippen MR) is 66.8 cm³/mol. The van der Waals surface area contributed by atoms with Crippen molar-refractivity contribution >= 4 is 5.97 Å². The highest BCUT2D eigenvalue weighted by atomic mass is 16.4. The number of hydrogen-bond acceptors (Lipinski definition) is 4. The SMILES string of the molecule is CCC(O)N(Cc1ccccc1)C(CO)C(=O)O. The molecule has 0 saturated carbocycles. The van der Waals surface area contributed by atoms with E-state index in [0.29, 0.717) is 6.42 Å². The molecular weight excluding hydrogens is 234 g/mol. The summed E-state index contributed by atoms with van der Waals surface area (Å²) in [5, 5.41) is 28.1. The van der Waals surface area contributed by atoms with Crippen molar-refractivity contribution in [3.8, 4) is 0 Å². The number of aliphatic hydroxyl groups is 2. The monoisotopic (exact) mass is 253 g/mol. The minimum atomic E-state index is -1.14. The zero-order valence-corrected chi connectivity index (χ0v) is 10.4. The first-order valence-electron chi connectivity index (χ1n) is 5.91. The smallest absolute Gasteiger partial charge is 0.323 e. The summed E-state index contributed by atoms with van der Waals surface area (Å²) in [5.74, 6) is -1.14. The molecule has 2 atom stereocenters. The standard InChI is InChI=1S/C13H19NO4/c1-2-12(16)14(11(9-15)13(17)18)8-10-6-4-3-5-7-10/h3-7,11-12,15-16H,2,8-9H2,1H3,(H,17,18). The van der Waals surface area contributed by atoms with Gasteiger partial charge in [0.25, 0.3) is 0 Å². The van der Waals surface area contributed by atoms with Gasteiger partial charge >= 0.3 is 5.97 Å². The fourth-order valence-electron chi connectivity index (χ4n) is 1.78. The minimum Gasteiger partial charge on any atom is -0.480 e. The lowest BCUT2D eigenvalue weighted by atomic mass is 10.1. The zero-order valence-electron chi connectivity index (χ0n) is 10.4. The van der Waals surface area contributed by atoms with Crippen LogP contribution >= 0.6 is 0 Å². The van der Waals surface area contributed by atoms with Crippen molar-refractivity contribution in [3.63, 3.8) is 0 Å². The zero-order chi connectivity index (χ0) is 13.5. The molecule has 0 aliphatic heterocycles. The lowest BCUT2D eigenvalue weighted by Crippen LogP contribution is -2.48. The van der Waals surface area contributed by atoms with Gasteiger partial charge in [-0.25, -0.2) is 0 Å². The Morgan fingerprint density at radius 2 is 1.94 bits per heavy atom. The molecule has 2 unspecified atom stereocenters. The summed E-state index contributed by atoms with van der Waals surface area (Å²) in [6.45, 7) is 1.52. The van der Waals surface area contributed by atoms with Crippen LogP contribution in [0.1, 0.15) is 18.9 Å². The highest BCUT2D eigenvalue weighted by molar-refractivity contribution is 5.73. The molecule has 0 amide bonds. The molecule has 1 aromatic carbocycles. The van der Waals surface area contributed by atoms with Gasteiger partial charge in [-0.3, -0.25) is 9.69 Å². The van der Waals surface area contributed by atoms with Gasteiger partial charge in [-0.2, -0.15) is 0 Å². The van der Waals surface area contributed by atoms with Crippen LogP contribution < -0.4 is 0 Å². The van der Waals surface area contributed by atoms with Crippen molar-refractivity contribution in [2.75, 3.05) is 6.61 Å². The van der Waals surface area contributed by atoms with E-state index < -0.39 is 24.8 Å². The van der Waals surface area contributed by atoms with Crippen LogP contribution in [0.4, 0.5) is 0 Å². The van der Waals surface area contributed by atoms with E-state index in [9.17, 15) is 9.90 Å². The molecule has 0 radical (unpaired) electrons. The van der Waals surface area contributed by atoms with Crippen molar-refractivity contribution in [1.29, 1.82) is 0 Å². The van der Waals surface area contributed by atoms with Crippen LogP contribution in [-0.4, -0.2) is 45.1 Å². The van der Waals surface area contributed by atoms with E-state index in [0.717, 1.165) is 5.56 Å². The Hall–Kier alpha value is -1.43. The third kappa shape index (κ3) is 3.80. The normalized spacial score (nSPS) is 14.4. The average Bonchev–Trinajstić information content (AvgIpc) is 2.38. The third-order valence-corrected chi connectivity index (χ3v) is 2.81. The van der Waals surface area contributed by atoms with Crippen molar-refractivity contribution in [3.05, 3.63) is 35.9 Å². The summed E-state index contributed by atoms with van der Waals surface area (Å²) in [4.78, 5) is 12.5. The maximum atomic E-state index is 11.1. The van der Waals surface area contributed by atoms with E-state index in [-0.39, 0.29) is 6.54 Å². The lowest BCUT2D eigenvalue weighted by molar-refractivity contribution is -0.151. The first-order valence-corrected chi connectivity index (χ1v) is 5.91. The van der Waals surface area contributed by atoms with Crippen molar-refractivity contribution in [1.82, 2.24) is 4.90 Å². The number of carboxylic acid groups (broad SMARTS) is 1. The molecule has 0 aliphatic carbocycles.